The minimum atomic E-state index is -0.345. The van der Waals surface area contributed by atoms with E-state index in [2.05, 4.69) is 104 Å². The van der Waals surface area contributed by atoms with E-state index in [9.17, 15) is 9.59 Å². The molecule has 0 bridgehead atoms. The lowest BCUT2D eigenvalue weighted by Crippen LogP contribution is -2.49. The lowest BCUT2D eigenvalue weighted by molar-refractivity contribution is -0.120. The maximum Gasteiger partial charge on any atom is 0.328 e. The molecule has 0 radical (unpaired) electrons. The maximum atomic E-state index is 12.2. The summed E-state index contributed by atoms with van der Waals surface area (Å²) >= 11 is 0. The number of ether oxygens (including phenoxy) is 1. The van der Waals surface area contributed by atoms with Gasteiger partial charge in [-0.2, -0.15) is 0 Å². The predicted molar refractivity (Wildman–Crippen MR) is 228 cm³/mol. The third-order valence-corrected chi connectivity index (χ3v) is 11.9. The van der Waals surface area contributed by atoms with Crippen LogP contribution in [0.5, 0.6) is 0 Å². The van der Waals surface area contributed by atoms with E-state index in [0.29, 0.717) is 31.4 Å². The number of benzene rings is 3. The largest absolute Gasteiger partial charge is 0.494 e. The fourth-order valence-corrected chi connectivity index (χ4v) is 8.47. The Labute approximate surface area is 335 Å². The average molecular weight is 768 g/mol. The molecule has 3 N–H and O–H groups in total. The molecule has 4 aliphatic heterocycles. The topological polar surface area (TPSA) is 118 Å². The van der Waals surface area contributed by atoms with E-state index in [-0.39, 0.29) is 11.9 Å². The molecule has 0 spiro atoms. The summed E-state index contributed by atoms with van der Waals surface area (Å²) in [5, 5.41) is 10.3. The van der Waals surface area contributed by atoms with Crippen LogP contribution in [-0.2, 0) is 9.53 Å². The predicted octanol–water partition coefficient (Wildman–Crippen LogP) is 6.63. The van der Waals surface area contributed by atoms with Crippen LogP contribution < -0.4 is 25.8 Å². The first-order valence-electron chi connectivity index (χ1n) is 20.3. The van der Waals surface area contributed by atoms with Crippen LogP contribution in [0.1, 0.15) is 50.2 Å². The molecule has 3 aromatic carbocycles. The molecule has 296 valence electrons. The highest BCUT2D eigenvalue weighted by molar-refractivity contribution is 6.05. The number of carbonyl (C=O) groups is 2. The molecule has 4 aromatic rings. The first-order chi connectivity index (χ1) is 27.8. The van der Waals surface area contributed by atoms with Gasteiger partial charge in [-0.3, -0.25) is 19.9 Å². The maximum absolute atomic E-state index is 12.2. The number of urea groups is 1. The zero-order valence-electron chi connectivity index (χ0n) is 33.1. The second kappa shape index (κ2) is 17.2. The molecule has 0 unspecified atom stereocenters. The molecule has 1 aromatic heterocycles. The second-order valence-corrected chi connectivity index (χ2v) is 15.4. The Morgan fingerprint density at radius 2 is 1.63 bits per heavy atom. The van der Waals surface area contributed by atoms with Crippen molar-refractivity contribution < 1.29 is 14.3 Å². The molecular formula is C45H53N9O3. The number of nitrogens with one attached hydrogen (secondary N) is 3. The van der Waals surface area contributed by atoms with Gasteiger partial charge in [0.15, 0.2) is 0 Å². The average Bonchev–Trinajstić information content (AvgIpc) is 3.24. The fourth-order valence-electron chi connectivity index (χ4n) is 8.47. The Balaban J connectivity index is 0.792. The number of piperazine rings is 1. The minimum absolute atomic E-state index is 0.213. The van der Waals surface area contributed by atoms with Crippen molar-refractivity contribution in [3.05, 3.63) is 114 Å². The van der Waals surface area contributed by atoms with Crippen LogP contribution in [0, 0.1) is 0 Å². The number of rotatable bonds is 11. The quantitative estimate of drug-likeness (QED) is 0.144. The summed E-state index contributed by atoms with van der Waals surface area (Å²) in [6.45, 7) is 18.6. The lowest BCUT2D eigenvalue weighted by atomic mass is 9.89. The molecule has 57 heavy (non-hydrogen) atoms. The third kappa shape index (κ3) is 8.82. The highest BCUT2D eigenvalue weighted by Crippen LogP contribution is 2.31. The van der Waals surface area contributed by atoms with Crippen molar-refractivity contribution in [3.8, 4) is 0 Å². The van der Waals surface area contributed by atoms with Crippen LogP contribution in [0.3, 0.4) is 0 Å². The van der Waals surface area contributed by atoms with E-state index in [0.717, 1.165) is 109 Å². The Bertz CT molecular complexity index is 2170. The Kier molecular flexibility index (Phi) is 11.5. The highest BCUT2D eigenvalue weighted by Gasteiger charge is 2.26. The number of hydrogen-bond donors (Lipinski definition) is 3. The van der Waals surface area contributed by atoms with Crippen LogP contribution >= 0.6 is 0 Å². The van der Waals surface area contributed by atoms with Gasteiger partial charge >= 0.3 is 6.03 Å². The zero-order valence-corrected chi connectivity index (χ0v) is 33.1. The number of amides is 3. The van der Waals surface area contributed by atoms with Gasteiger partial charge in [0, 0.05) is 87.4 Å². The van der Waals surface area contributed by atoms with E-state index < -0.39 is 0 Å². The van der Waals surface area contributed by atoms with Crippen molar-refractivity contribution in [2.45, 2.75) is 39.0 Å². The number of imide groups is 1. The zero-order chi connectivity index (χ0) is 39.3. The summed E-state index contributed by atoms with van der Waals surface area (Å²) < 4.78 is 5.79. The standard InChI is InChI=1S/C45H53N9O3/c1-4-40(31(2)43-32(3)57-28-18-46-43)35-5-6-36-30-47-44(49-41(36)29-35)48-37-9-7-33(8-10-37)34-15-19-51(20-16-34)22-23-52-24-26-53(27-25-52)38-11-13-39(14-12-38)54-21-17-42(55)50-45(54)56/h4-14,29-30,34,46H,1,15-28H2,2-3H3,(H,47,48,49)(H,50,55,56)/b40-31+. The van der Waals surface area contributed by atoms with Crippen molar-refractivity contribution >= 4 is 51.4 Å². The van der Waals surface area contributed by atoms with E-state index in [4.69, 9.17) is 9.72 Å². The molecule has 8 rings (SSSR count). The Morgan fingerprint density at radius 3 is 2.33 bits per heavy atom. The summed E-state index contributed by atoms with van der Waals surface area (Å²) in [7, 11) is 0. The van der Waals surface area contributed by atoms with Gasteiger partial charge < -0.3 is 25.2 Å². The summed E-state index contributed by atoms with van der Waals surface area (Å²) in [6.07, 6.45) is 6.44. The number of aromatic nitrogens is 2. The van der Waals surface area contributed by atoms with Crippen LogP contribution in [0.25, 0.3) is 16.5 Å². The van der Waals surface area contributed by atoms with Crippen LogP contribution in [-0.4, -0.2) is 104 Å². The lowest BCUT2D eigenvalue weighted by Gasteiger charge is -2.38. The van der Waals surface area contributed by atoms with Crippen molar-refractivity contribution in [2.24, 2.45) is 0 Å². The molecule has 3 amide bonds. The van der Waals surface area contributed by atoms with Crippen LogP contribution in [0.15, 0.2) is 103 Å². The van der Waals surface area contributed by atoms with E-state index in [1.165, 1.54) is 24.1 Å². The van der Waals surface area contributed by atoms with Gasteiger partial charge in [-0.15, -0.1) is 0 Å². The molecule has 3 saturated heterocycles. The minimum Gasteiger partial charge on any atom is -0.494 e. The van der Waals surface area contributed by atoms with Gasteiger partial charge in [0.25, 0.3) is 0 Å². The fraction of sp³-hybridized carbons (Fsp3) is 0.378. The first-order valence-corrected chi connectivity index (χ1v) is 20.3. The molecule has 12 heteroatoms. The number of nitrogens with zero attached hydrogens (tertiary/aromatic N) is 6. The molecule has 3 fully saturated rings. The highest BCUT2D eigenvalue weighted by atomic mass is 16.5. The second-order valence-electron chi connectivity index (χ2n) is 15.4. The number of piperidine rings is 1. The molecule has 0 atom stereocenters. The Morgan fingerprint density at radius 1 is 0.912 bits per heavy atom. The molecule has 0 saturated carbocycles. The van der Waals surface area contributed by atoms with Crippen molar-refractivity contribution in [3.63, 3.8) is 0 Å². The van der Waals surface area contributed by atoms with Gasteiger partial charge in [-0.1, -0.05) is 36.9 Å². The molecule has 12 nitrogen and oxygen atoms in total. The molecule has 4 aliphatic rings. The van der Waals surface area contributed by atoms with Crippen molar-refractivity contribution in [2.75, 3.05) is 87.2 Å². The molecule has 0 aliphatic carbocycles. The molecule has 5 heterocycles. The number of anilines is 4. The summed E-state index contributed by atoms with van der Waals surface area (Å²) in [5.41, 5.74) is 9.44. The number of fused-ring (bicyclic) bond motifs is 1. The van der Waals surface area contributed by atoms with E-state index in [1.807, 2.05) is 31.3 Å². The van der Waals surface area contributed by atoms with Crippen LogP contribution in [0.2, 0.25) is 0 Å². The summed E-state index contributed by atoms with van der Waals surface area (Å²) in [4.78, 5) is 42.4. The monoisotopic (exact) mass is 767 g/mol. The number of allylic oxidation sites excluding steroid dienone is 4. The van der Waals surface area contributed by atoms with Gasteiger partial charge in [0.05, 0.1) is 11.2 Å². The van der Waals surface area contributed by atoms with Crippen LogP contribution in [0.4, 0.5) is 27.8 Å². The number of hydrogen-bond acceptors (Lipinski definition) is 10. The van der Waals surface area contributed by atoms with E-state index in [1.54, 1.807) is 4.90 Å². The third-order valence-electron chi connectivity index (χ3n) is 11.9. The smallest absolute Gasteiger partial charge is 0.328 e. The van der Waals surface area contributed by atoms with Crippen molar-refractivity contribution in [1.82, 2.24) is 30.4 Å². The van der Waals surface area contributed by atoms with Gasteiger partial charge in [0.2, 0.25) is 11.9 Å². The normalized spacial score (nSPS) is 19.2. The first kappa shape index (κ1) is 38.2. The van der Waals surface area contributed by atoms with Gasteiger partial charge in [-0.25, -0.2) is 14.8 Å². The SMILES string of the molecule is C=C/C(=C(/C)C1=C(C)OCCN1)c1ccc2cnc(Nc3ccc(C4CCN(CCN5CCN(c6ccc(N7CCC(=O)NC7=O)cc6)CC5)CC4)cc3)nc2c1. The van der Waals surface area contributed by atoms with Gasteiger partial charge in [0.1, 0.15) is 12.4 Å². The van der Waals surface area contributed by atoms with Crippen molar-refractivity contribution in [1.29, 1.82) is 0 Å². The molecular weight excluding hydrogens is 715 g/mol. The van der Waals surface area contributed by atoms with Gasteiger partial charge in [-0.05, 0) is 110 Å². The number of carbonyl (C=O) groups excluding carboxylic acids is 2. The number of likely N-dealkylation sites (tertiary alicyclic amines) is 1. The van der Waals surface area contributed by atoms with E-state index >= 15 is 0 Å². The summed E-state index contributed by atoms with van der Waals surface area (Å²) in [5.74, 6) is 1.83. The Hall–Kier alpha value is -5.72. The summed E-state index contributed by atoms with van der Waals surface area (Å²) in [6, 6.07) is 22.9.